The number of benzene rings is 3. The molecule has 10 heteroatoms. The van der Waals surface area contributed by atoms with Gasteiger partial charge in [-0.25, -0.2) is 14.6 Å². The van der Waals surface area contributed by atoms with Gasteiger partial charge in [0.25, 0.3) is 5.69 Å². The normalized spacial score (nSPS) is 13.8. The smallest absolute Gasteiger partial charge is 0.363 e. The van der Waals surface area contributed by atoms with Gasteiger partial charge in [-0.3, -0.25) is 10.1 Å². The van der Waals surface area contributed by atoms with Crippen molar-refractivity contribution in [2.75, 3.05) is 14.2 Å². The minimum Gasteiger partial charge on any atom is -0.497 e. The lowest BCUT2D eigenvalue weighted by Crippen LogP contribution is -2.05. The molecule has 0 saturated carbocycles. The van der Waals surface area contributed by atoms with E-state index in [-0.39, 0.29) is 28.8 Å². The van der Waals surface area contributed by atoms with Crippen molar-refractivity contribution in [3.63, 3.8) is 0 Å². The van der Waals surface area contributed by atoms with E-state index in [0.717, 1.165) is 6.08 Å². The van der Waals surface area contributed by atoms with Gasteiger partial charge in [-0.2, -0.15) is 0 Å². The molecular weight excluding hydrogens is 480 g/mol. The average Bonchev–Trinajstić information content (AvgIpc) is 3.28. The number of rotatable bonds is 8. The van der Waals surface area contributed by atoms with Crippen molar-refractivity contribution in [3.8, 4) is 17.2 Å². The van der Waals surface area contributed by atoms with Crippen LogP contribution in [0, 0.1) is 10.1 Å². The Morgan fingerprint density at radius 3 is 2.46 bits per heavy atom. The number of methoxy groups -OCH3 is 2. The number of nitro groups is 1. The number of cyclic esters (lactones) is 1. The van der Waals surface area contributed by atoms with Gasteiger partial charge in [-0.05, 0) is 59.7 Å². The summed E-state index contributed by atoms with van der Waals surface area (Å²) in [6, 6.07) is 17.5. The van der Waals surface area contributed by atoms with Crippen LogP contribution in [0.4, 0.5) is 5.69 Å². The van der Waals surface area contributed by atoms with Crippen LogP contribution in [-0.4, -0.2) is 37.0 Å². The van der Waals surface area contributed by atoms with E-state index in [1.807, 2.05) is 0 Å². The summed E-state index contributed by atoms with van der Waals surface area (Å²) < 4.78 is 21.1. The Hall–Kier alpha value is -5.25. The zero-order valence-electron chi connectivity index (χ0n) is 19.7. The first kappa shape index (κ1) is 24.9. The molecule has 0 saturated heterocycles. The molecule has 3 aromatic rings. The maximum atomic E-state index is 12.3. The summed E-state index contributed by atoms with van der Waals surface area (Å²) in [6.07, 6.45) is 4.08. The van der Waals surface area contributed by atoms with Crippen LogP contribution >= 0.6 is 0 Å². The fourth-order valence-corrected chi connectivity index (χ4v) is 3.33. The van der Waals surface area contributed by atoms with Gasteiger partial charge >= 0.3 is 11.9 Å². The Morgan fingerprint density at radius 1 is 0.973 bits per heavy atom. The number of hydrogen-bond donors (Lipinski definition) is 0. The molecule has 0 aromatic heterocycles. The van der Waals surface area contributed by atoms with Gasteiger partial charge in [0.2, 0.25) is 5.90 Å². The van der Waals surface area contributed by atoms with E-state index in [1.54, 1.807) is 49.6 Å². The largest absolute Gasteiger partial charge is 0.497 e. The standard InChI is InChI=1S/C27H20N2O8/c1-34-21-10-8-19(9-11-21)26-28-22(27(31)37-26)15-18-6-12-23(24(16-18)35-2)36-25(30)13-7-17-4-3-5-20(14-17)29(32)33/h3-16H,1-2H3/b13-7+,22-15-. The van der Waals surface area contributed by atoms with Gasteiger partial charge in [0, 0.05) is 23.8 Å². The lowest BCUT2D eigenvalue weighted by atomic mass is 10.1. The van der Waals surface area contributed by atoms with E-state index in [2.05, 4.69) is 4.99 Å². The highest BCUT2D eigenvalue weighted by Crippen LogP contribution is 2.30. The van der Waals surface area contributed by atoms with Crippen molar-refractivity contribution in [1.82, 2.24) is 0 Å². The molecule has 37 heavy (non-hydrogen) atoms. The molecule has 10 nitrogen and oxygen atoms in total. The molecule has 0 spiro atoms. The number of nitro benzene ring substituents is 1. The van der Waals surface area contributed by atoms with Gasteiger partial charge in [0.05, 0.1) is 19.1 Å². The second-order valence-corrected chi connectivity index (χ2v) is 7.58. The van der Waals surface area contributed by atoms with Crippen LogP contribution in [0.1, 0.15) is 16.7 Å². The van der Waals surface area contributed by atoms with Crippen molar-refractivity contribution in [1.29, 1.82) is 0 Å². The average molecular weight is 500 g/mol. The third-order valence-electron chi connectivity index (χ3n) is 5.15. The predicted octanol–water partition coefficient (Wildman–Crippen LogP) is 4.58. The number of aliphatic imine (C=N–C) groups is 1. The van der Waals surface area contributed by atoms with Crippen molar-refractivity contribution >= 4 is 35.7 Å². The van der Waals surface area contributed by atoms with Crippen LogP contribution in [0.15, 0.2) is 83.5 Å². The molecule has 0 unspecified atom stereocenters. The van der Waals surface area contributed by atoms with Crippen LogP contribution in [0.5, 0.6) is 17.2 Å². The molecular formula is C27H20N2O8. The van der Waals surface area contributed by atoms with Crippen molar-refractivity contribution in [3.05, 3.63) is 105 Å². The van der Waals surface area contributed by atoms with E-state index in [1.165, 1.54) is 43.5 Å². The van der Waals surface area contributed by atoms with Crippen LogP contribution in [0.25, 0.3) is 12.2 Å². The summed E-state index contributed by atoms with van der Waals surface area (Å²) in [6.45, 7) is 0. The lowest BCUT2D eigenvalue weighted by molar-refractivity contribution is -0.384. The molecule has 0 bridgehead atoms. The maximum absolute atomic E-state index is 12.3. The number of hydrogen-bond acceptors (Lipinski definition) is 9. The van der Waals surface area contributed by atoms with Crippen LogP contribution in [0.3, 0.4) is 0 Å². The highest BCUT2D eigenvalue weighted by atomic mass is 16.6. The van der Waals surface area contributed by atoms with E-state index in [0.29, 0.717) is 22.4 Å². The molecule has 186 valence electrons. The molecule has 0 fully saturated rings. The van der Waals surface area contributed by atoms with E-state index in [4.69, 9.17) is 18.9 Å². The minimum atomic E-state index is -0.705. The Kier molecular flexibility index (Phi) is 7.39. The molecule has 0 radical (unpaired) electrons. The van der Waals surface area contributed by atoms with Gasteiger partial charge in [0.15, 0.2) is 17.2 Å². The molecule has 0 aliphatic carbocycles. The number of esters is 2. The predicted molar refractivity (Wildman–Crippen MR) is 134 cm³/mol. The maximum Gasteiger partial charge on any atom is 0.363 e. The highest BCUT2D eigenvalue weighted by Gasteiger charge is 2.24. The third kappa shape index (κ3) is 6.06. The summed E-state index contributed by atoms with van der Waals surface area (Å²) in [4.78, 5) is 39.3. The minimum absolute atomic E-state index is 0.0894. The second kappa shape index (κ2) is 11.0. The van der Waals surface area contributed by atoms with Gasteiger partial charge < -0.3 is 18.9 Å². The molecule has 0 atom stereocenters. The Labute approximate surface area is 211 Å². The fourth-order valence-electron chi connectivity index (χ4n) is 3.33. The zero-order chi connectivity index (χ0) is 26.4. The van der Waals surface area contributed by atoms with Gasteiger partial charge in [-0.1, -0.05) is 18.2 Å². The molecule has 1 aliphatic rings. The Morgan fingerprint density at radius 2 is 1.76 bits per heavy atom. The Balaban J connectivity index is 1.48. The quantitative estimate of drug-likeness (QED) is 0.145. The summed E-state index contributed by atoms with van der Waals surface area (Å²) >= 11 is 0. The molecule has 3 aromatic carbocycles. The zero-order valence-corrected chi connectivity index (χ0v) is 19.7. The summed E-state index contributed by atoms with van der Waals surface area (Å²) in [7, 11) is 2.97. The number of carbonyl (C=O) groups is 2. The van der Waals surface area contributed by atoms with Crippen molar-refractivity contribution in [2.45, 2.75) is 0 Å². The monoisotopic (exact) mass is 500 g/mol. The van der Waals surface area contributed by atoms with Gasteiger partial charge in [0.1, 0.15) is 5.75 Å². The van der Waals surface area contributed by atoms with Crippen LogP contribution in [-0.2, 0) is 14.3 Å². The first-order valence-corrected chi connectivity index (χ1v) is 10.9. The topological polar surface area (TPSA) is 127 Å². The number of carbonyl (C=O) groups excluding carboxylic acids is 2. The number of nitrogens with zero attached hydrogens (tertiary/aromatic N) is 2. The molecule has 1 aliphatic heterocycles. The highest BCUT2D eigenvalue weighted by molar-refractivity contribution is 6.12. The lowest BCUT2D eigenvalue weighted by Gasteiger charge is -2.08. The van der Waals surface area contributed by atoms with Crippen LogP contribution in [0.2, 0.25) is 0 Å². The third-order valence-corrected chi connectivity index (χ3v) is 5.15. The summed E-state index contributed by atoms with van der Waals surface area (Å²) in [5, 5.41) is 10.9. The van der Waals surface area contributed by atoms with E-state index in [9.17, 15) is 19.7 Å². The van der Waals surface area contributed by atoms with Crippen molar-refractivity contribution < 1.29 is 33.5 Å². The van der Waals surface area contributed by atoms with Gasteiger partial charge in [-0.15, -0.1) is 0 Å². The molecule has 1 heterocycles. The fraction of sp³-hybridized carbons (Fsp3) is 0.0741. The molecule has 4 rings (SSSR count). The molecule has 0 N–H and O–H groups in total. The van der Waals surface area contributed by atoms with E-state index < -0.39 is 16.9 Å². The number of ether oxygens (including phenoxy) is 4. The molecule has 0 amide bonds. The van der Waals surface area contributed by atoms with Crippen molar-refractivity contribution in [2.24, 2.45) is 4.99 Å². The van der Waals surface area contributed by atoms with Crippen LogP contribution < -0.4 is 14.2 Å². The SMILES string of the molecule is COc1ccc(C2=N/C(=C\c3ccc(OC(=O)/C=C/c4cccc([N+](=O)[O-])c4)c(OC)c3)C(=O)O2)cc1. The number of non-ortho nitro benzene ring substituents is 1. The second-order valence-electron chi connectivity index (χ2n) is 7.58. The first-order valence-electron chi connectivity index (χ1n) is 10.9. The van der Waals surface area contributed by atoms with E-state index >= 15 is 0 Å². The summed E-state index contributed by atoms with van der Waals surface area (Å²) in [5.74, 6) is -0.0775. The first-order chi connectivity index (χ1) is 17.9. The summed E-state index contributed by atoms with van der Waals surface area (Å²) in [5.41, 5.74) is 1.66. The Bertz CT molecular complexity index is 1460.